The van der Waals surface area contributed by atoms with E-state index in [4.69, 9.17) is 11.5 Å². The molecule has 0 aliphatic rings. The second kappa shape index (κ2) is 5.41. The fourth-order valence-electron chi connectivity index (χ4n) is 1.55. The molecule has 1 amide bonds. The number of rotatable bonds is 3. The number of hydrogen-bond acceptors (Lipinski definition) is 4. The van der Waals surface area contributed by atoms with Crippen molar-refractivity contribution >= 4 is 39.0 Å². The molecule has 0 bridgehead atoms. The molecule has 0 aliphatic heterocycles. The van der Waals surface area contributed by atoms with E-state index in [0.29, 0.717) is 0 Å². The third-order valence-electron chi connectivity index (χ3n) is 2.42. The van der Waals surface area contributed by atoms with Gasteiger partial charge in [-0.3, -0.25) is 4.79 Å². The number of amides is 1. The van der Waals surface area contributed by atoms with Crippen LogP contribution in [0, 0.1) is 11.6 Å². The van der Waals surface area contributed by atoms with Crippen molar-refractivity contribution in [2.75, 3.05) is 11.1 Å². The number of nitrogen functional groups attached to an aromatic ring is 1. The molecule has 2 aromatic rings. The van der Waals surface area contributed by atoms with Gasteiger partial charge in [0.1, 0.15) is 11.5 Å². The first-order valence-electron chi connectivity index (χ1n) is 5.35. The molecule has 8 heteroatoms. The van der Waals surface area contributed by atoms with Crippen molar-refractivity contribution in [2.45, 2.75) is 0 Å². The maximum atomic E-state index is 13.7. The van der Waals surface area contributed by atoms with Crippen LogP contribution in [0.4, 0.5) is 26.0 Å². The molecule has 0 unspecified atom stereocenters. The number of aromatic nitrogens is 1. The highest BCUT2D eigenvalue weighted by molar-refractivity contribution is 9.10. The molecular formula is C12H9BrF2N4O. The molecule has 1 aromatic heterocycles. The first-order valence-corrected chi connectivity index (χ1v) is 6.14. The van der Waals surface area contributed by atoms with E-state index in [9.17, 15) is 13.6 Å². The Morgan fingerprint density at radius 3 is 2.40 bits per heavy atom. The average Bonchev–Trinajstić information content (AvgIpc) is 2.34. The summed E-state index contributed by atoms with van der Waals surface area (Å²) >= 11 is 2.97. The van der Waals surface area contributed by atoms with Gasteiger partial charge in [-0.25, -0.2) is 13.8 Å². The van der Waals surface area contributed by atoms with Crippen LogP contribution >= 0.6 is 15.9 Å². The fourth-order valence-corrected chi connectivity index (χ4v) is 1.95. The smallest absolute Gasteiger partial charge is 0.252 e. The number of nitrogens with zero attached hydrogens (tertiary/aromatic N) is 1. The molecule has 20 heavy (non-hydrogen) atoms. The van der Waals surface area contributed by atoms with Crippen LogP contribution in [0.2, 0.25) is 0 Å². The zero-order valence-electron chi connectivity index (χ0n) is 9.95. The van der Waals surface area contributed by atoms with Crippen LogP contribution in [0.3, 0.4) is 0 Å². The van der Waals surface area contributed by atoms with Gasteiger partial charge in [0.05, 0.1) is 17.4 Å². The minimum atomic E-state index is -0.842. The van der Waals surface area contributed by atoms with Gasteiger partial charge in [0.15, 0.2) is 11.6 Å². The van der Waals surface area contributed by atoms with E-state index in [2.05, 4.69) is 26.2 Å². The van der Waals surface area contributed by atoms with E-state index in [-0.39, 0.29) is 21.5 Å². The Hall–Kier alpha value is -2.22. The van der Waals surface area contributed by atoms with Crippen molar-refractivity contribution in [1.29, 1.82) is 0 Å². The van der Waals surface area contributed by atoms with Crippen LogP contribution in [0.15, 0.2) is 28.9 Å². The molecule has 0 spiro atoms. The number of benzene rings is 1. The minimum absolute atomic E-state index is 0.0632. The van der Waals surface area contributed by atoms with E-state index in [1.807, 2.05) is 0 Å². The molecule has 0 saturated carbocycles. The molecular weight excluding hydrogens is 334 g/mol. The summed E-state index contributed by atoms with van der Waals surface area (Å²) in [6.07, 6.45) is 1.24. The molecule has 0 radical (unpaired) electrons. The van der Waals surface area contributed by atoms with Gasteiger partial charge in [0.25, 0.3) is 5.91 Å². The Kier molecular flexibility index (Phi) is 3.84. The Morgan fingerprint density at radius 1 is 1.25 bits per heavy atom. The molecule has 2 rings (SSSR count). The van der Waals surface area contributed by atoms with E-state index in [1.54, 1.807) is 0 Å². The lowest BCUT2D eigenvalue weighted by atomic mass is 10.2. The predicted molar refractivity (Wildman–Crippen MR) is 74.5 cm³/mol. The van der Waals surface area contributed by atoms with Crippen LogP contribution in [0.5, 0.6) is 0 Å². The molecule has 0 saturated heterocycles. The summed E-state index contributed by atoms with van der Waals surface area (Å²) in [7, 11) is 0. The quantitative estimate of drug-likeness (QED) is 0.798. The molecule has 5 N–H and O–H groups in total. The highest BCUT2D eigenvalue weighted by atomic mass is 79.9. The van der Waals surface area contributed by atoms with Crippen molar-refractivity contribution in [3.63, 3.8) is 0 Å². The maximum Gasteiger partial charge on any atom is 0.252 e. The SMILES string of the molecule is NC(=O)c1cc(N)cnc1Nc1c(F)cc(Br)cc1F. The number of primary amides is 1. The van der Waals surface area contributed by atoms with Crippen molar-refractivity contribution in [3.8, 4) is 0 Å². The van der Waals surface area contributed by atoms with Gasteiger partial charge in [-0.1, -0.05) is 15.9 Å². The average molecular weight is 343 g/mol. The molecule has 5 nitrogen and oxygen atoms in total. The van der Waals surface area contributed by atoms with Crippen molar-refractivity contribution in [2.24, 2.45) is 5.73 Å². The summed E-state index contributed by atoms with van der Waals surface area (Å²) in [5.74, 6) is -2.58. The van der Waals surface area contributed by atoms with E-state index >= 15 is 0 Å². The predicted octanol–water partition coefficient (Wildman–Crippen LogP) is 2.55. The maximum absolute atomic E-state index is 13.7. The number of pyridine rings is 1. The summed E-state index contributed by atoms with van der Waals surface area (Å²) < 4.78 is 27.7. The highest BCUT2D eigenvalue weighted by Gasteiger charge is 2.16. The van der Waals surface area contributed by atoms with E-state index in [1.165, 1.54) is 12.3 Å². The normalized spacial score (nSPS) is 10.3. The summed E-state index contributed by atoms with van der Waals surface area (Å²) in [4.78, 5) is 15.1. The highest BCUT2D eigenvalue weighted by Crippen LogP contribution is 2.27. The first kappa shape index (κ1) is 14.2. The number of nitrogens with two attached hydrogens (primary N) is 2. The summed E-state index contributed by atoms with van der Waals surface area (Å²) in [6, 6.07) is 3.42. The van der Waals surface area contributed by atoms with Crippen LogP contribution in [0.25, 0.3) is 0 Å². The second-order valence-corrected chi connectivity index (χ2v) is 4.81. The standard InChI is InChI=1S/C12H9BrF2N4O/c13-5-1-8(14)10(9(15)2-5)19-12-7(11(17)20)3-6(16)4-18-12/h1-4H,16H2,(H2,17,20)(H,18,19). The Labute approximate surface area is 121 Å². The number of nitrogens with one attached hydrogen (secondary N) is 1. The van der Waals surface area contributed by atoms with Crippen molar-refractivity contribution in [1.82, 2.24) is 4.98 Å². The number of halogens is 3. The van der Waals surface area contributed by atoms with E-state index in [0.717, 1.165) is 12.1 Å². The second-order valence-electron chi connectivity index (χ2n) is 3.90. The molecule has 0 fully saturated rings. The molecule has 0 atom stereocenters. The first-order chi connectivity index (χ1) is 9.38. The van der Waals surface area contributed by atoms with Crippen LogP contribution in [-0.4, -0.2) is 10.9 Å². The Balaban J connectivity index is 2.48. The summed E-state index contributed by atoms with van der Waals surface area (Å²) in [6.45, 7) is 0. The zero-order chi connectivity index (χ0) is 14.9. The van der Waals surface area contributed by atoms with Gasteiger partial charge in [-0.2, -0.15) is 0 Å². The molecule has 104 valence electrons. The van der Waals surface area contributed by atoms with Crippen LogP contribution in [-0.2, 0) is 0 Å². The lowest BCUT2D eigenvalue weighted by Gasteiger charge is -2.11. The van der Waals surface area contributed by atoms with Crippen LogP contribution in [0.1, 0.15) is 10.4 Å². The largest absolute Gasteiger partial charge is 0.397 e. The molecule has 1 heterocycles. The van der Waals surface area contributed by atoms with Gasteiger partial charge < -0.3 is 16.8 Å². The van der Waals surface area contributed by atoms with Gasteiger partial charge in [-0.15, -0.1) is 0 Å². The lowest BCUT2D eigenvalue weighted by molar-refractivity contribution is 0.100. The molecule has 1 aromatic carbocycles. The number of anilines is 3. The zero-order valence-corrected chi connectivity index (χ0v) is 11.5. The molecule has 0 aliphatic carbocycles. The Bertz CT molecular complexity index is 670. The van der Waals surface area contributed by atoms with Gasteiger partial charge in [0.2, 0.25) is 0 Å². The third kappa shape index (κ3) is 2.85. The topological polar surface area (TPSA) is 94.0 Å². The monoisotopic (exact) mass is 342 g/mol. The minimum Gasteiger partial charge on any atom is -0.397 e. The fraction of sp³-hybridized carbons (Fsp3) is 0. The van der Waals surface area contributed by atoms with E-state index < -0.39 is 23.2 Å². The number of carbonyl (C=O) groups excluding carboxylic acids is 1. The lowest BCUT2D eigenvalue weighted by Crippen LogP contribution is -2.15. The van der Waals surface area contributed by atoms with Crippen molar-refractivity contribution in [3.05, 3.63) is 46.1 Å². The van der Waals surface area contributed by atoms with Gasteiger partial charge in [0, 0.05) is 4.47 Å². The summed E-state index contributed by atoms with van der Waals surface area (Å²) in [5, 5.41) is 2.41. The number of carbonyl (C=O) groups is 1. The van der Waals surface area contributed by atoms with Gasteiger partial charge >= 0.3 is 0 Å². The Morgan fingerprint density at radius 2 is 1.85 bits per heavy atom. The van der Waals surface area contributed by atoms with Crippen LogP contribution < -0.4 is 16.8 Å². The summed E-state index contributed by atoms with van der Waals surface area (Å²) in [5.41, 5.74) is 10.4. The number of hydrogen-bond donors (Lipinski definition) is 3. The van der Waals surface area contributed by atoms with Gasteiger partial charge in [-0.05, 0) is 18.2 Å². The van der Waals surface area contributed by atoms with Crippen molar-refractivity contribution < 1.29 is 13.6 Å². The third-order valence-corrected chi connectivity index (χ3v) is 2.88.